The molecule has 0 N–H and O–H groups in total. The molecule has 0 saturated heterocycles. The highest BCUT2D eigenvalue weighted by Gasteiger charge is 2.16. The molecule has 6 aromatic carbocycles. The third kappa shape index (κ3) is 3.94. The first kappa shape index (κ1) is 24.6. The lowest BCUT2D eigenvalue weighted by atomic mass is 9.92. The number of aromatic nitrogens is 1. The Hall–Kier alpha value is -5.93. The largest absolute Gasteiger partial charge is 0.455 e. The van der Waals surface area contributed by atoms with Gasteiger partial charge in [0.25, 0.3) is 0 Å². The van der Waals surface area contributed by atoms with E-state index in [9.17, 15) is 0 Å². The Morgan fingerprint density at radius 2 is 0.864 bits per heavy atom. The second kappa shape index (κ2) is 9.82. The van der Waals surface area contributed by atoms with Gasteiger partial charge in [-0.2, -0.15) is 0 Å². The highest BCUT2D eigenvalue weighted by atomic mass is 16.3. The van der Waals surface area contributed by atoms with E-state index in [1.165, 1.54) is 0 Å². The van der Waals surface area contributed by atoms with Gasteiger partial charge >= 0.3 is 0 Å². The van der Waals surface area contributed by atoms with Gasteiger partial charge in [-0.1, -0.05) is 97.1 Å². The van der Waals surface area contributed by atoms with E-state index in [4.69, 9.17) is 8.83 Å². The molecule has 206 valence electrons. The summed E-state index contributed by atoms with van der Waals surface area (Å²) in [4.78, 5) is 4.42. The molecular weight excluding hydrogens is 538 g/mol. The fraction of sp³-hybridized carbons (Fsp3) is 0. The van der Waals surface area contributed by atoms with E-state index in [2.05, 4.69) is 114 Å². The standard InChI is InChI=1S/C41H25NO2/c1-3-18-38-34(12-1)36-16-6-14-32(40(36)43-38)27-10-5-9-26(21-27)29-22-30(28-11-8-20-42-25-28)24-31(23-29)33-15-7-17-37-35-13-2-4-19-39(35)44-41(33)37/h1-25H. The molecule has 3 heterocycles. The minimum Gasteiger partial charge on any atom is -0.455 e. The number of pyridine rings is 1. The first-order valence-electron chi connectivity index (χ1n) is 14.8. The van der Waals surface area contributed by atoms with Gasteiger partial charge in [-0.05, 0) is 70.3 Å². The van der Waals surface area contributed by atoms with Crippen LogP contribution in [0.25, 0.3) is 88.4 Å². The molecule has 9 rings (SSSR count). The summed E-state index contributed by atoms with van der Waals surface area (Å²) < 4.78 is 12.8. The lowest BCUT2D eigenvalue weighted by Crippen LogP contribution is -1.88. The third-order valence-corrected chi connectivity index (χ3v) is 8.55. The predicted molar refractivity (Wildman–Crippen MR) is 181 cm³/mol. The maximum absolute atomic E-state index is 6.45. The van der Waals surface area contributed by atoms with Crippen molar-refractivity contribution in [1.82, 2.24) is 4.98 Å². The molecular formula is C41H25NO2. The number of benzene rings is 6. The summed E-state index contributed by atoms with van der Waals surface area (Å²) in [6.07, 6.45) is 3.73. The molecule has 0 atom stereocenters. The molecule has 9 aromatic rings. The van der Waals surface area contributed by atoms with Crippen molar-refractivity contribution in [2.75, 3.05) is 0 Å². The van der Waals surface area contributed by atoms with Gasteiger partial charge in [0.15, 0.2) is 0 Å². The second-order valence-electron chi connectivity index (χ2n) is 11.2. The van der Waals surface area contributed by atoms with Crippen LogP contribution in [0.1, 0.15) is 0 Å². The molecule has 0 radical (unpaired) electrons. The molecule has 0 aliphatic rings. The zero-order valence-electron chi connectivity index (χ0n) is 23.7. The zero-order valence-corrected chi connectivity index (χ0v) is 23.7. The van der Waals surface area contributed by atoms with Crippen LogP contribution in [0.5, 0.6) is 0 Å². The van der Waals surface area contributed by atoms with E-state index in [0.717, 1.165) is 88.4 Å². The Morgan fingerprint density at radius 3 is 1.52 bits per heavy atom. The summed E-state index contributed by atoms with van der Waals surface area (Å²) >= 11 is 0. The number of nitrogens with zero attached hydrogens (tertiary/aromatic N) is 1. The number of fused-ring (bicyclic) bond motifs is 6. The zero-order chi connectivity index (χ0) is 29.0. The fourth-order valence-corrected chi connectivity index (χ4v) is 6.47. The van der Waals surface area contributed by atoms with Gasteiger partial charge < -0.3 is 8.83 Å². The lowest BCUT2D eigenvalue weighted by molar-refractivity contribution is 0.669. The maximum Gasteiger partial charge on any atom is 0.143 e. The smallest absolute Gasteiger partial charge is 0.143 e. The van der Waals surface area contributed by atoms with Crippen LogP contribution in [0.2, 0.25) is 0 Å². The van der Waals surface area contributed by atoms with Crippen LogP contribution in [0.3, 0.4) is 0 Å². The number of furan rings is 2. The molecule has 0 aliphatic carbocycles. The van der Waals surface area contributed by atoms with Gasteiger partial charge in [-0.25, -0.2) is 0 Å². The molecule has 3 aromatic heterocycles. The summed E-state index contributed by atoms with van der Waals surface area (Å²) in [5, 5.41) is 4.50. The number of hydrogen-bond acceptors (Lipinski definition) is 3. The monoisotopic (exact) mass is 563 g/mol. The first-order valence-corrected chi connectivity index (χ1v) is 14.8. The SMILES string of the molecule is c1cncc(-c2cc(-c3cccc(-c4cccc5c4oc4ccccc45)c3)cc(-c3cccc4c3oc3ccccc34)c2)c1. The molecule has 0 amide bonds. The van der Waals surface area contributed by atoms with Crippen molar-refractivity contribution in [2.24, 2.45) is 0 Å². The topological polar surface area (TPSA) is 39.2 Å². The average molecular weight is 564 g/mol. The molecule has 0 bridgehead atoms. The van der Waals surface area contributed by atoms with Crippen LogP contribution in [-0.2, 0) is 0 Å². The maximum atomic E-state index is 6.45. The Labute approximate surface area is 253 Å². The molecule has 3 heteroatoms. The molecule has 0 spiro atoms. The third-order valence-electron chi connectivity index (χ3n) is 8.55. The van der Waals surface area contributed by atoms with Crippen molar-refractivity contribution in [3.63, 3.8) is 0 Å². The van der Waals surface area contributed by atoms with Crippen molar-refractivity contribution in [3.05, 3.63) is 152 Å². The quantitative estimate of drug-likeness (QED) is 0.214. The van der Waals surface area contributed by atoms with Crippen molar-refractivity contribution in [1.29, 1.82) is 0 Å². The van der Waals surface area contributed by atoms with E-state index >= 15 is 0 Å². The first-order chi connectivity index (χ1) is 21.8. The number of hydrogen-bond donors (Lipinski definition) is 0. The van der Waals surface area contributed by atoms with Crippen molar-refractivity contribution in [2.45, 2.75) is 0 Å². The van der Waals surface area contributed by atoms with Gasteiger partial charge in [0.2, 0.25) is 0 Å². The highest BCUT2D eigenvalue weighted by molar-refractivity contribution is 6.11. The highest BCUT2D eigenvalue weighted by Crippen LogP contribution is 2.41. The average Bonchev–Trinajstić information content (AvgIpc) is 3.67. The van der Waals surface area contributed by atoms with E-state index in [1.54, 1.807) is 0 Å². The van der Waals surface area contributed by atoms with Crippen LogP contribution in [0.15, 0.2) is 161 Å². The van der Waals surface area contributed by atoms with Crippen molar-refractivity contribution in [3.8, 4) is 44.5 Å². The molecule has 3 nitrogen and oxygen atoms in total. The molecule has 0 fully saturated rings. The predicted octanol–water partition coefficient (Wildman–Crippen LogP) is 11.5. The van der Waals surface area contributed by atoms with Crippen LogP contribution in [0, 0.1) is 0 Å². The molecule has 0 unspecified atom stereocenters. The van der Waals surface area contributed by atoms with Crippen LogP contribution < -0.4 is 0 Å². The second-order valence-corrected chi connectivity index (χ2v) is 11.2. The molecule has 0 saturated carbocycles. The van der Waals surface area contributed by atoms with Crippen LogP contribution in [-0.4, -0.2) is 4.98 Å². The summed E-state index contributed by atoms with van der Waals surface area (Å²) in [6, 6.07) is 48.8. The molecule has 44 heavy (non-hydrogen) atoms. The van der Waals surface area contributed by atoms with Crippen molar-refractivity contribution >= 4 is 43.9 Å². The summed E-state index contributed by atoms with van der Waals surface area (Å²) in [7, 11) is 0. The minimum atomic E-state index is 0.894. The number of para-hydroxylation sites is 4. The fourth-order valence-electron chi connectivity index (χ4n) is 6.47. The summed E-state index contributed by atoms with van der Waals surface area (Å²) in [5.41, 5.74) is 12.4. The minimum absolute atomic E-state index is 0.894. The lowest BCUT2D eigenvalue weighted by Gasteiger charge is -2.12. The van der Waals surface area contributed by atoms with Gasteiger partial charge in [-0.15, -0.1) is 0 Å². The van der Waals surface area contributed by atoms with Crippen LogP contribution in [0.4, 0.5) is 0 Å². The van der Waals surface area contributed by atoms with E-state index in [0.29, 0.717) is 0 Å². The van der Waals surface area contributed by atoms with Gasteiger partial charge in [0.05, 0.1) is 0 Å². The van der Waals surface area contributed by atoms with Crippen molar-refractivity contribution < 1.29 is 8.83 Å². The van der Waals surface area contributed by atoms with E-state index in [1.807, 2.05) is 42.7 Å². The van der Waals surface area contributed by atoms with Gasteiger partial charge in [-0.3, -0.25) is 4.98 Å². The van der Waals surface area contributed by atoms with Gasteiger partial charge in [0.1, 0.15) is 22.3 Å². The Kier molecular flexibility index (Phi) is 5.50. The Morgan fingerprint density at radius 1 is 0.364 bits per heavy atom. The normalized spacial score (nSPS) is 11.6. The van der Waals surface area contributed by atoms with E-state index < -0.39 is 0 Å². The summed E-state index contributed by atoms with van der Waals surface area (Å²) in [5.74, 6) is 0. The summed E-state index contributed by atoms with van der Waals surface area (Å²) in [6.45, 7) is 0. The Balaban J connectivity index is 1.25. The van der Waals surface area contributed by atoms with E-state index in [-0.39, 0.29) is 0 Å². The van der Waals surface area contributed by atoms with Gasteiger partial charge in [0, 0.05) is 50.6 Å². The van der Waals surface area contributed by atoms with Crippen LogP contribution >= 0.6 is 0 Å². The number of rotatable bonds is 4. The molecule has 0 aliphatic heterocycles. The Bertz CT molecular complexity index is 2500.